The van der Waals surface area contributed by atoms with Crippen molar-refractivity contribution in [3.8, 4) is 0 Å². The molecule has 0 saturated carbocycles. The van der Waals surface area contributed by atoms with Gasteiger partial charge in [0.05, 0.1) is 0 Å². The number of hydrogen-bond donors (Lipinski definition) is 0. The summed E-state index contributed by atoms with van der Waals surface area (Å²) in [5.41, 5.74) is 1.99. The number of hydrogen-bond acceptors (Lipinski definition) is 2. The van der Waals surface area contributed by atoms with Crippen molar-refractivity contribution >= 4 is 5.97 Å². The van der Waals surface area contributed by atoms with Gasteiger partial charge in [0.1, 0.15) is 6.10 Å². The molecule has 1 radical (unpaired) electrons. The maximum atomic E-state index is 11.8. The smallest absolute Gasteiger partial charge is 0.334 e. The minimum Gasteiger partial charge on any atom is -0.458 e. The predicted octanol–water partition coefficient (Wildman–Crippen LogP) is 4.08. The molecule has 0 aromatic rings. The van der Waals surface area contributed by atoms with E-state index in [0.717, 1.165) is 25.7 Å². The van der Waals surface area contributed by atoms with Crippen LogP contribution in [0.4, 0.5) is 0 Å². The van der Waals surface area contributed by atoms with Gasteiger partial charge in [-0.15, -0.1) is 6.42 Å². The largest absolute Gasteiger partial charge is 0.458 e. The molecular weight excluding hydrogens is 325 g/mol. The Morgan fingerprint density at radius 3 is 2.75 bits per heavy atom. The molecule has 1 saturated heterocycles. The normalized spacial score (nSPS) is 36.1. The summed E-state index contributed by atoms with van der Waals surface area (Å²) in [6.45, 7) is 14.8. The van der Waals surface area contributed by atoms with Crippen LogP contribution in [0.25, 0.3) is 0 Å². The Kier molecular flexibility index (Phi) is 6.10. The van der Waals surface area contributed by atoms with Gasteiger partial charge >= 0.3 is 5.97 Å². The topological polar surface area (TPSA) is 26.3 Å². The van der Waals surface area contributed by atoms with Crippen molar-refractivity contribution in [3.63, 3.8) is 0 Å². The molecule has 1 heterocycles. The molecule has 0 amide bonds. The molecule has 1 fully saturated rings. The van der Waals surface area contributed by atoms with Gasteiger partial charge in [-0.2, -0.15) is 0 Å². The molecular formula is C17H25O2Y-. The van der Waals surface area contributed by atoms with Crippen LogP contribution in [0.2, 0.25) is 0 Å². The van der Waals surface area contributed by atoms with E-state index in [4.69, 9.17) is 4.74 Å². The molecule has 3 unspecified atom stereocenters. The zero-order valence-corrected chi connectivity index (χ0v) is 15.8. The first-order valence-corrected chi connectivity index (χ1v) is 7.23. The fourth-order valence-electron chi connectivity index (χ4n) is 3.18. The standard InChI is InChI=1S/C17H25O2.Y/c1-11-7-6-10-17(4,5)13(3)15-14(9-8-11)12(2)16(18)19-15;/h7,13-15H,1-2,6,8-10H2,3-5H3;/q-1;/b11-7-;. The molecule has 0 bridgehead atoms. The molecule has 2 aliphatic rings. The SMILES string of the molecule is C=C1C(=O)OC2C1CC/C([CH2-])=C\CCC(C)(C)C2C.[Y]. The van der Waals surface area contributed by atoms with E-state index >= 15 is 0 Å². The predicted molar refractivity (Wildman–Crippen MR) is 77.4 cm³/mol. The Morgan fingerprint density at radius 2 is 2.10 bits per heavy atom. The van der Waals surface area contributed by atoms with Gasteiger partial charge < -0.3 is 4.74 Å². The molecule has 3 heteroatoms. The van der Waals surface area contributed by atoms with Crippen molar-refractivity contribution in [1.82, 2.24) is 0 Å². The number of allylic oxidation sites excluding steroid dienone is 2. The van der Waals surface area contributed by atoms with Crippen LogP contribution in [-0.4, -0.2) is 12.1 Å². The molecule has 20 heavy (non-hydrogen) atoms. The van der Waals surface area contributed by atoms with Gasteiger partial charge in [0, 0.05) is 44.2 Å². The number of rotatable bonds is 0. The van der Waals surface area contributed by atoms with Crippen molar-refractivity contribution in [2.45, 2.75) is 52.6 Å². The third-order valence-corrected chi connectivity index (χ3v) is 5.07. The Balaban J connectivity index is 0.00000200. The number of carbonyl (C=O) groups excluding carboxylic acids is 1. The van der Waals surface area contributed by atoms with E-state index in [1.54, 1.807) is 0 Å². The number of carbonyl (C=O) groups is 1. The van der Waals surface area contributed by atoms with Gasteiger partial charge in [-0.1, -0.05) is 40.2 Å². The second-order valence-electron chi connectivity index (χ2n) is 6.72. The summed E-state index contributed by atoms with van der Waals surface area (Å²) in [7, 11) is 0. The summed E-state index contributed by atoms with van der Waals surface area (Å²) < 4.78 is 5.61. The third-order valence-electron chi connectivity index (χ3n) is 5.07. The molecule has 2 rings (SSSR count). The maximum absolute atomic E-state index is 11.8. The number of ether oxygens (including phenoxy) is 1. The van der Waals surface area contributed by atoms with Crippen LogP contribution in [0.15, 0.2) is 23.8 Å². The van der Waals surface area contributed by atoms with E-state index in [1.807, 2.05) is 0 Å². The van der Waals surface area contributed by atoms with Crippen molar-refractivity contribution in [2.75, 3.05) is 0 Å². The van der Waals surface area contributed by atoms with E-state index in [2.05, 4.69) is 40.3 Å². The third kappa shape index (κ3) is 3.57. The van der Waals surface area contributed by atoms with Crippen molar-refractivity contribution < 1.29 is 42.2 Å². The second-order valence-corrected chi connectivity index (χ2v) is 6.72. The Labute approximate surface area is 148 Å². The average molecular weight is 350 g/mol. The van der Waals surface area contributed by atoms with Gasteiger partial charge in [-0.3, -0.25) is 0 Å². The molecule has 0 aromatic carbocycles. The van der Waals surface area contributed by atoms with Crippen molar-refractivity contribution in [2.24, 2.45) is 17.3 Å². The van der Waals surface area contributed by atoms with Gasteiger partial charge in [0.15, 0.2) is 0 Å². The summed E-state index contributed by atoms with van der Waals surface area (Å²) in [6.07, 6.45) is 6.24. The van der Waals surface area contributed by atoms with E-state index in [0.29, 0.717) is 11.5 Å². The molecule has 0 spiro atoms. The van der Waals surface area contributed by atoms with Crippen LogP contribution in [-0.2, 0) is 42.2 Å². The molecule has 109 valence electrons. The van der Waals surface area contributed by atoms with Gasteiger partial charge in [0.25, 0.3) is 0 Å². The molecule has 1 aliphatic heterocycles. The second kappa shape index (κ2) is 6.79. The quantitative estimate of drug-likeness (QED) is 0.374. The summed E-state index contributed by atoms with van der Waals surface area (Å²) >= 11 is 0. The molecule has 0 aromatic heterocycles. The first-order chi connectivity index (χ1) is 8.83. The first-order valence-electron chi connectivity index (χ1n) is 7.23. The average Bonchev–Trinajstić information content (AvgIpc) is 2.61. The molecule has 3 atom stereocenters. The van der Waals surface area contributed by atoms with Crippen LogP contribution >= 0.6 is 0 Å². The van der Waals surface area contributed by atoms with Crippen LogP contribution in [0.1, 0.15) is 46.5 Å². The van der Waals surface area contributed by atoms with E-state index in [9.17, 15) is 4.79 Å². The van der Waals surface area contributed by atoms with E-state index in [1.165, 1.54) is 5.57 Å². The maximum Gasteiger partial charge on any atom is 0.334 e. The molecule has 2 nitrogen and oxygen atoms in total. The van der Waals surface area contributed by atoms with Crippen LogP contribution in [0.3, 0.4) is 0 Å². The van der Waals surface area contributed by atoms with Gasteiger partial charge in [-0.25, -0.2) is 23.4 Å². The van der Waals surface area contributed by atoms with Gasteiger partial charge in [-0.05, 0) is 17.8 Å². The summed E-state index contributed by atoms with van der Waals surface area (Å²) in [6, 6.07) is 0. The fourth-order valence-corrected chi connectivity index (χ4v) is 3.18. The van der Waals surface area contributed by atoms with E-state index < -0.39 is 0 Å². The van der Waals surface area contributed by atoms with Crippen LogP contribution in [0.5, 0.6) is 0 Å². The summed E-state index contributed by atoms with van der Waals surface area (Å²) in [4.78, 5) is 11.8. The summed E-state index contributed by atoms with van der Waals surface area (Å²) in [5.74, 6) is 0.303. The monoisotopic (exact) mass is 350 g/mol. The van der Waals surface area contributed by atoms with Crippen molar-refractivity contribution in [3.05, 3.63) is 30.7 Å². The molecule has 0 N–H and O–H groups in total. The Hall–Kier alpha value is -0.0761. The minimum atomic E-state index is -0.202. The number of fused-ring (bicyclic) bond motifs is 1. The van der Waals surface area contributed by atoms with Gasteiger partial charge in [0.2, 0.25) is 0 Å². The first kappa shape index (κ1) is 18.0. The zero-order chi connectivity index (χ0) is 14.2. The Morgan fingerprint density at radius 1 is 1.45 bits per heavy atom. The number of esters is 1. The molecule has 1 aliphatic carbocycles. The zero-order valence-electron chi connectivity index (χ0n) is 12.9. The minimum absolute atomic E-state index is 0. The Bertz CT molecular complexity index is 423. The van der Waals surface area contributed by atoms with E-state index in [-0.39, 0.29) is 56.1 Å². The summed E-state index contributed by atoms with van der Waals surface area (Å²) in [5, 5.41) is 0. The van der Waals surface area contributed by atoms with Crippen molar-refractivity contribution in [1.29, 1.82) is 0 Å². The van der Waals surface area contributed by atoms with Crippen LogP contribution in [0, 0.1) is 24.2 Å². The fraction of sp³-hybridized carbons (Fsp3) is 0.647. The van der Waals surface area contributed by atoms with Crippen LogP contribution < -0.4 is 0 Å².